The topological polar surface area (TPSA) is 107 Å². The van der Waals surface area contributed by atoms with Gasteiger partial charge in [-0.25, -0.2) is 10.2 Å². The lowest BCUT2D eigenvalue weighted by Gasteiger charge is -2.15. The monoisotopic (exact) mass is 285 g/mol. The van der Waals surface area contributed by atoms with Crippen molar-refractivity contribution < 1.29 is 18.8 Å². The maximum atomic E-state index is 13.7. The Morgan fingerprint density at radius 1 is 1.60 bits per heavy atom. The molecule has 0 saturated heterocycles. The van der Waals surface area contributed by atoms with Gasteiger partial charge >= 0.3 is 0 Å². The molecule has 0 bridgehead atoms. The number of benzene rings is 1. The number of nitrogens with zero attached hydrogens (tertiary/aromatic N) is 1. The van der Waals surface area contributed by atoms with Crippen molar-refractivity contribution >= 4 is 11.6 Å². The maximum absolute atomic E-state index is 13.7. The first-order valence-corrected chi connectivity index (χ1v) is 5.95. The van der Waals surface area contributed by atoms with E-state index in [-0.39, 0.29) is 23.8 Å². The molecule has 1 amide bonds. The molecular formula is C12H16FN3O4. The van der Waals surface area contributed by atoms with E-state index in [1.54, 1.807) is 6.92 Å². The van der Waals surface area contributed by atoms with Gasteiger partial charge in [0.05, 0.1) is 17.1 Å². The molecule has 0 aliphatic rings. The second-order valence-electron chi connectivity index (χ2n) is 4.36. The summed E-state index contributed by atoms with van der Waals surface area (Å²) in [4.78, 5) is 21.0. The zero-order chi connectivity index (χ0) is 15.3. The molecular weight excluding hydrogens is 269 g/mol. The fourth-order valence-corrected chi connectivity index (χ4v) is 1.61. The number of aryl methyl sites for hydroxylation is 1. The van der Waals surface area contributed by atoms with Gasteiger partial charge in [-0.2, -0.15) is 0 Å². The largest absolute Gasteiger partial charge is 0.488 e. The van der Waals surface area contributed by atoms with Gasteiger partial charge in [0, 0.05) is 12.0 Å². The highest BCUT2D eigenvalue weighted by Gasteiger charge is 2.18. The molecule has 0 fully saturated rings. The summed E-state index contributed by atoms with van der Waals surface area (Å²) < 4.78 is 19.0. The number of carbonyl (C=O) groups is 1. The second kappa shape index (κ2) is 6.80. The molecule has 0 spiro atoms. The maximum Gasteiger partial charge on any atom is 0.275 e. The number of hydrazine groups is 1. The van der Waals surface area contributed by atoms with Crippen molar-refractivity contribution in [2.75, 3.05) is 0 Å². The molecule has 1 atom stereocenters. The van der Waals surface area contributed by atoms with E-state index in [0.29, 0.717) is 12.0 Å². The summed E-state index contributed by atoms with van der Waals surface area (Å²) in [7, 11) is 0. The van der Waals surface area contributed by atoms with E-state index in [1.165, 1.54) is 13.0 Å². The summed E-state index contributed by atoms with van der Waals surface area (Å²) in [5.74, 6) is 3.71. The molecule has 1 aromatic carbocycles. The molecule has 0 radical (unpaired) electrons. The second-order valence-corrected chi connectivity index (χ2v) is 4.36. The highest BCUT2D eigenvalue weighted by molar-refractivity contribution is 5.75. The number of nitrogens with two attached hydrogens (primary N) is 1. The minimum atomic E-state index is -0.808. The van der Waals surface area contributed by atoms with Crippen LogP contribution in [0.15, 0.2) is 12.1 Å². The van der Waals surface area contributed by atoms with Crippen LogP contribution in [0.2, 0.25) is 0 Å². The first-order valence-electron chi connectivity index (χ1n) is 5.95. The van der Waals surface area contributed by atoms with Gasteiger partial charge in [-0.3, -0.25) is 20.3 Å². The van der Waals surface area contributed by atoms with Crippen LogP contribution in [0.1, 0.15) is 25.3 Å². The summed E-state index contributed by atoms with van der Waals surface area (Å²) in [6.07, 6.45) is 0.0617. The number of carbonyl (C=O) groups excluding carboxylic acids is 1. The van der Waals surface area contributed by atoms with E-state index in [1.807, 2.05) is 5.43 Å². The molecule has 0 heterocycles. The van der Waals surface area contributed by atoms with Gasteiger partial charge in [-0.1, -0.05) is 0 Å². The number of nitro groups is 1. The number of nitro benzene ring substituents is 1. The van der Waals surface area contributed by atoms with Gasteiger partial charge in [0.2, 0.25) is 5.91 Å². The zero-order valence-electron chi connectivity index (χ0n) is 11.2. The number of rotatable bonds is 6. The van der Waals surface area contributed by atoms with Gasteiger partial charge in [0.15, 0.2) is 11.6 Å². The average molecular weight is 285 g/mol. The van der Waals surface area contributed by atoms with Crippen LogP contribution in [-0.2, 0) is 4.79 Å². The molecule has 1 aromatic rings. The van der Waals surface area contributed by atoms with Crippen LogP contribution in [0, 0.1) is 22.9 Å². The highest BCUT2D eigenvalue weighted by atomic mass is 19.1. The summed E-state index contributed by atoms with van der Waals surface area (Å²) in [6, 6.07) is 2.09. The fraction of sp³-hybridized carbons (Fsp3) is 0.417. The molecule has 7 nitrogen and oxygen atoms in total. The van der Waals surface area contributed by atoms with Crippen LogP contribution in [0.4, 0.5) is 10.1 Å². The first kappa shape index (κ1) is 15.8. The third-order valence-electron chi connectivity index (χ3n) is 2.71. The van der Waals surface area contributed by atoms with Crippen LogP contribution in [0.5, 0.6) is 5.75 Å². The van der Waals surface area contributed by atoms with E-state index >= 15 is 0 Å². The molecule has 1 rings (SSSR count). The Kier molecular flexibility index (Phi) is 5.39. The molecule has 3 N–H and O–H groups in total. The number of hydrogen-bond acceptors (Lipinski definition) is 5. The van der Waals surface area contributed by atoms with Gasteiger partial charge in [0.25, 0.3) is 5.69 Å². The van der Waals surface area contributed by atoms with Crippen molar-refractivity contribution in [3.63, 3.8) is 0 Å². The quantitative estimate of drug-likeness (QED) is 0.357. The number of nitrogens with one attached hydrogen (secondary N) is 1. The predicted molar refractivity (Wildman–Crippen MR) is 69.4 cm³/mol. The molecule has 8 heteroatoms. The van der Waals surface area contributed by atoms with E-state index < -0.39 is 16.8 Å². The minimum Gasteiger partial charge on any atom is -0.488 e. The summed E-state index contributed by atoms with van der Waals surface area (Å²) in [6.45, 7) is 3.16. The van der Waals surface area contributed by atoms with Crippen LogP contribution in [-0.4, -0.2) is 16.9 Å². The average Bonchev–Trinajstić information content (AvgIpc) is 2.39. The van der Waals surface area contributed by atoms with Gasteiger partial charge in [0.1, 0.15) is 0 Å². The fourth-order valence-electron chi connectivity index (χ4n) is 1.61. The van der Waals surface area contributed by atoms with E-state index in [0.717, 1.165) is 6.07 Å². The standard InChI is InChI=1S/C12H16FN3O4/c1-7-5-11(9(13)6-10(7)16(18)19)20-8(2)3-4-12(17)15-14/h5-6,8H,3-4,14H2,1-2H3,(H,15,17). The number of amides is 1. The lowest BCUT2D eigenvalue weighted by atomic mass is 10.1. The Labute approximate surface area is 115 Å². The number of hydrogen-bond donors (Lipinski definition) is 2. The Morgan fingerprint density at radius 3 is 2.80 bits per heavy atom. The Balaban J connectivity index is 2.75. The van der Waals surface area contributed by atoms with Gasteiger partial charge in [-0.15, -0.1) is 0 Å². The van der Waals surface area contributed by atoms with E-state index in [2.05, 4.69) is 0 Å². The third-order valence-corrected chi connectivity index (χ3v) is 2.71. The Hall–Kier alpha value is -2.22. The molecule has 110 valence electrons. The SMILES string of the molecule is Cc1cc(OC(C)CCC(=O)NN)c(F)cc1[N+](=O)[O-]. The van der Waals surface area contributed by atoms with E-state index in [9.17, 15) is 19.3 Å². The van der Waals surface area contributed by atoms with Crippen molar-refractivity contribution in [2.45, 2.75) is 32.8 Å². The van der Waals surface area contributed by atoms with Crippen LogP contribution < -0.4 is 16.0 Å². The summed E-state index contributed by atoms with van der Waals surface area (Å²) in [5, 5.41) is 10.7. The molecule has 0 aromatic heterocycles. The van der Waals surface area contributed by atoms with Gasteiger partial charge in [-0.05, 0) is 26.3 Å². The third kappa shape index (κ3) is 4.16. The lowest BCUT2D eigenvalue weighted by molar-refractivity contribution is -0.385. The van der Waals surface area contributed by atoms with Crippen molar-refractivity contribution in [1.29, 1.82) is 0 Å². The number of ether oxygens (including phenoxy) is 1. The van der Waals surface area contributed by atoms with E-state index in [4.69, 9.17) is 10.6 Å². The van der Waals surface area contributed by atoms with Crippen molar-refractivity contribution in [2.24, 2.45) is 5.84 Å². The molecule has 20 heavy (non-hydrogen) atoms. The first-order chi connectivity index (χ1) is 9.35. The van der Waals surface area contributed by atoms with Gasteiger partial charge < -0.3 is 4.74 Å². The molecule has 0 aliphatic heterocycles. The van der Waals surface area contributed by atoms with Crippen LogP contribution >= 0.6 is 0 Å². The molecule has 0 saturated carbocycles. The van der Waals surface area contributed by atoms with Crippen LogP contribution in [0.25, 0.3) is 0 Å². The van der Waals surface area contributed by atoms with Crippen molar-refractivity contribution in [1.82, 2.24) is 5.43 Å². The zero-order valence-corrected chi connectivity index (χ0v) is 11.2. The van der Waals surface area contributed by atoms with Crippen molar-refractivity contribution in [3.05, 3.63) is 33.6 Å². The smallest absolute Gasteiger partial charge is 0.275 e. The predicted octanol–water partition coefficient (Wildman–Crippen LogP) is 1.58. The minimum absolute atomic E-state index is 0.0752. The Morgan fingerprint density at radius 2 is 2.25 bits per heavy atom. The van der Waals surface area contributed by atoms with Crippen LogP contribution in [0.3, 0.4) is 0 Å². The molecule has 0 aliphatic carbocycles. The normalized spacial score (nSPS) is 11.8. The lowest BCUT2D eigenvalue weighted by Crippen LogP contribution is -2.30. The summed E-state index contributed by atoms with van der Waals surface area (Å²) >= 11 is 0. The molecule has 1 unspecified atom stereocenters. The Bertz CT molecular complexity index is 522. The highest BCUT2D eigenvalue weighted by Crippen LogP contribution is 2.28. The number of halogens is 1. The van der Waals surface area contributed by atoms with Crippen molar-refractivity contribution in [3.8, 4) is 5.75 Å². The summed E-state index contributed by atoms with van der Waals surface area (Å²) in [5.41, 5.74) is 1.98.